The van der Waals surface area contributed by atoms with E-state index in [1.165, 1.54) is 18.5 Å². The van der Waals surface area contributed by atoms with Crippen molar-refractivity contribution in [3.8, 4) is 23.0 Å². The highest BCUT2D eigenvalue weighted by Crippen LogP contribution is 2.43. The van der Waals surface area contributed by atoms with Crippen LogP contribution in [0.15, 0.2) is 18.5 Å². The minimum absolute atomic E-state index is 0.00765. The Labute approximate surface area is 268 Å². The lowest BCUT2D eigenvalue weighted by Gasteiger charge is -2.31. The van der Waals surface area contributed by atoms with Crippen LogP contribution in [0.4, 0.5) is 19.4 Å². The summed E-state index contributed by atoms with van der Waals surface area (Å²) in [5.41, 5.74) is -0.109. The molecular formula is C31H35ClF2N8O4. The van der Waals surface area contributed by atoms with E-state index in [1.54, 1.807) is 6.92 Å². The number of benzene rings is 1. The highest BCUT2D eigenvalue weighted by atomic mass is 35.5. The number of alkyl halides is 1. The molecule has 12 nitrogen and oxygen atoms in total. The van der Waals surface area contributed by atoms with Crippen LogP contribution in [0.3, 0.4) is 0 Å². The second-order valence-electron chi connectivity index (χ2n) is 12.3. The Morgan fingerprint density at radius 1 is 1.22 bits per heavy atom. The third-order valence-electron chi connectivity index (χ3n) is 9.35. The quantitative estimate of drug-likeness (QED) is 0.245. The lowest BCUT2D eigenvalue weighted by Crippen LogP contribution is -2.44. The van der Waals surface area contributed by atoms with Crippen molar-refractivity contribution in [3.05, 3.63) is 29.3 Å². The van der Waals surface area contributed by atoms with E-state index in [4.69, 9.17) is 26.1 Å². The van der Waals surface area contributed by atoms with Crippen LogP contribution in [0.2, 0.25) is 5.02 Å². The fourth-order valence-corrected chi connectivity index (χ4v) is 7.43. The number of nitrogens with one attached hydrogen (secondary N) is 2. The Balaban J connectivity index is 1.32. The zero-order chi connectivity index (χ0) is 32.0. The molecule has 6 heterocycles. The summed E-state index contributed by atoms with van der Waals surface area (Å²) in [6.45, 7) is 4.30. The van der Waals surface area contributed by atoms with Gasteiger partial charge in [0.2, 0.25) is 0 Å². The molecule has 4 aromatic rings. The van der Waals surface area contributed by atoms with Gasteiger partial charge in [-0.05, 0) is 51.6 Å². The van der Waals surface area contributed by atoms with E-state index in [-0.39, 0.29) is 52.8 Å². The van der Waals surface area contributed by atoms with E-state index in [0.717, 1.165) is 38.6 Å². The Kier molecular flexibility index (Phi) is 8.17. The molecule has 15 heteroatoms. The van der Waals surface area contributed by atoms with Crippen molar-refractivity contribution in [2.45, 2.75) is 63.2 Å². The number of H-pyrrole nitrogens is 1. The lowest BCUT2D eigenvalue weighted by atomic mass is 9.95. The lowest BCUT2D eigenvalue weighted by molar-refractivity contribution is 0.107. The van der Waals surface area contributed by atoms with Crippen molar-refractivity contribution in [1.29, 1.82) is 0 Å². The summed E-state index contributed by atoms with van der Waals surface area (Å²) < 4.78 is 42.5. The fraction of sp³-hybridized carbons (Fsp3) is 0.516. The van der Waals surface area contributed by atoms with Crippen LogP contribution in [0.5, 0.6) is 11.8 Å². The van der Waals surface area contributed by atoms with Crippen LogP contribution < -0.4 is 15.0 Å². The molecule has 3 N–H and O–H groups in total. The third-order valence-corrected chi connectivity index (χ3v) is 9.64. The molecular weight excluding hydrogens is 622 g/mol. The van der Waals surface area contributed by atoms with E-state index in [1.807, 2.05) is 4.90 Å². The van der Waals surface area contributed by atoms with Crippen molar-refractivity contribution in [1.82, 2.24) is 35.4 Å². The van der Waals surface area contributed by atoms with Gasteiger partial charge in [0.15, 0.2) is 5.82 Å². The topological polar surface area (TPSA) is 142 Å². The number of carbonyl (C=O) groups is 1. The smallest absolute Gasteiger partial charge is 0.407 e. The molecule has 0 unspecified atom stereocenters. The van der Waals surface area contributed by atoms with Gasteiger partial charge in [-0.15, -0.1) is 0 Å². The second-order valence-corrected chi connectivity index (χ2v) is 12.7. The number of anilines is 1. The van der Waals surface area contributed by atoms with Gasteiger partial charge < -0.3 is 24.8 Å². The van der Waals surface area contributed by atoms with Gasteiger partial charge in [-0.3, -0.25) is 15.0 Å². The summed E-state index contributed by atoms with van der Waals surface area (Å²) in [5, 5.41) is 21.5. The molecule has 46 heavy (non-hydrogen) atoms. The summed E-state index contributed by atoms with van der Waals surface area (Å²) in [4.78, 5) is 30.1. The number of phenols is 1. The maximum Gasteiger partial charge on any atom is 0.407 e. The van der Waals surface area contributed by atoms with Gasteiger partial charge in [-0.1, -0.05) is 11.6 Å². The number of alkyl carbamates (subject to hydrolysis) is 1. The predicted molar refractivity (Wildman–Crippen MR) is 168 cm³/mol. The molecule has 244 valence electrons. The first-order valence-corrected chi connectivity index (χ1v) is 16.1. The minimum atomic E-state index is -0.936. The number of hydrogen-bond donors (Lipinski definition) is 3. The van der Waals surface area contributed by atoms with Crippen molar-refractivity contribution in [2.75, 3.05) is 44.3 Å². The number of aromatic amines is 1. The van der Waals surface area contributed by atoms with Crippen molar-refractivity contribution in [3.63, 3.8) is 0 Å². The number of aromatic nitrogens is 5. The van der Waals surface area contributed by atoms with Crippen LogP contribution in [0.25, 0.3) is 33.1 Å². The Morgan fingerprint density at radius 3 is 2.93 bits per heavy atom. The number of pyridine rings is 1. The van der Waals surface area contributed by atoms with E-state index in [0.29, 0.717) is 48.2 Å². The average Bonchev–Trinajstić information content (AvgIpc) is 3.67. The number of rotatable bonds is 7. The van der Waals surface area contributed by atoms with Crippen molar-refractivity contribution < 1.29 is 28.2 Å². The van der Waals surface area contributed by atoms with E-state index in [2.05, 4.69) is 30.4 Å². The molecule has 1 aromatic carbocycles. The summed E-state index contributed by atoms with van der Waals surface area (Å²) in [5.74, 6) is -0.739. The molecule has 3 aliphatic heterocycles. The van der Waals surface area contributed by atoms with Gasteiger partial charge in [-0.2, -0.15) is 15.1 Å². The van der Waals surface area contributed by atoms with E-state index >= 15 is 4.39 Å². The number of ether oxygens (including phenoxy) is 2. The van der Waals surface area contributed by atoms with Crippen LogP contribution in [-0.2, 0) is 4.74 Å². The Hall–Kier alpha value is -4.04. The van der Waals surface area contributed by atoms with Gasteiger partial charge in [0.05, 0.1) is 39.8 Å². The van der Waals surface area contributed by atoms with Crippen LogP contribution in [-0.4, -0.2) is 98.4 Å². The van der Waals surface area contributed by atoms with Gasteiger partial charge in [0.1, 0.15) is 35.6 Å². The second kappa shape index (κ2) is 12.3. The molecule has 7 rings (SSSR count). The molecule has 0 aliphatic carbocycles. The molecule has 0 spiro atoms. The molecule has 3 saturated heterocycles. The minimum Gasteiger partial charge on any atom is -0.506 e. The number of amides is 1. The summed E-state index contributed by atoms with van der Waals surface area (Å²) in [6, 6.07) is 1.21. The first kappa shape index (κ1) is 30.6. The monoisotopic (exact) mass is 656 g/mol. The highest BCUT2D eigenvalue weighted by Gasteiger charge is 2.49. The maximum atomic E-state index is 16.7. The first-order chi connectivity index (χ1) is 22.3. The van der Waals surface area contributed by atoms with E-state index in [9.17, 15) is 14.3 Å². The highest BCUT2D eigenvalue weighted by molar-refractivity contribution is 6.33. The first-order valence-electron chi connectivity index (χ1n) is 15.7. The largest absolute Gasteiger partial charge is 0.506 e. The molecule has 3 aromatic heterocycles. The number of fused-ring (bicyclic) bond motifs is 3. The standard InChI is InChI=1S/C31H35ClF2N8O4/c1-2-45-30(44)37-18-6-3-4-8-41(15-18)28-20-12-35-26(23-19-13-36-40-22(19)10-21(32)27(23)43)24(34)25(20)38-29(39-28)46-16-31-7-5-9-42(31)14-17(33)11-31/h10,12-13,17-18,43H,2-9,11,14-16H2,1H3,(H,36,40)(H,37,44)/t17-,18-,31+/m1/s1. The molecule has 0 saturated carbocycles. The van der Waals surface area contributed by atoms with Crippen molar-refractivity contribution in [2.24, 2.45) is 0 Å². The zero-order valence-electron chi connectivity index (χ0n) is 25.4. The average molecular weight is 657 g/mol. The third kappa shape index (κ3) is 5.51. The molecule has 3 atom stereocenters. The van der Waals surface area contributed by atoms with Gasteiger partial charge >= 0.3 is 12.1 Å². The summed E-state index contributed by atoms with van der Waals surface area (Å²) in [6.07, 6.45) is 5.98. The number of halogens is 3. The Morgan fingerprint density at radius 2 is 2.09 bits per heavy atom. The number of hydrogen-bond acceptors (Lipinski definition) is 10. The van der Waals surface area contributed by atoms with E-state index < -0.39 is 23.6 Å². The van der Waals surface area contributed by atoms with Gasteiger partial charge in [0.25, 0.3) is 0 Å². The maximum absolute atomic E-state index is 16.7. The molecule has 3 fully saturated rings. The summed E-state index contributed by atoms with van der Waals surface area (Å²) >= 11 is 6.29. The number of aromatic hydroxyl groups is 1. The zero-order valence-corrected chi connectivity index (χ0v) is 26.1. The normalized spacial score (nSPS) is 23.5. The van der Waals surface area contributed by atoms with Crippen LogP contribution >= 0.6 is 11.6 Å². The van der Waals surface area contributed by atoms with Crippen molar-refractivity contribution >= 4 is 45.3 Å². The van der Waals surface area contributed by atoms with Crippen LogP contribution in [0, 0.1) is 5.82 Å². The summed E-state index contributed by atoms with van der Waals surface area (Å²) in [7, 11) is 0. The molecule has 0 radical (unpaired) electrons. The SMILES string of the molecule is CCOC(=O)N[C@@H]1CCCCN(c2nc(OC[C@@]34CCCN3C[C@H](F)C4)nc3c(F)c(-c4c(O)c(Cl)cc5[nH]ncc45)ncc23)C1. The molecule has 0 bridgehead atoms. The van der Waals surface area contributed by atoms with Gasteiger partial charge in [0, 0.05) is 43.7 Å². The van der Waals surface area contributed by atoms with Crippen LogP contribution in [0.1, 0.15) is 45.4 Å². The predicted octanol–water partition coefficient (Wildman–Crippen LogP) is 5.13. The molecule has 3 aliphatic rings. The van der Waals surface area contributed by atoms with Gasteiger partial charge in [-0.25, -0.2) is 13.6 Å². The fourth-order valence-electron chi connectivity index (χ4n) is 7.23. The molecule has 1 amide bonds. The number of phenolic OH excluding ortho intramolecular Hbond substituents is 1. The number of nitrogens with zero attached hydrogens (tertiary/aromatic N) is 6. The number of carbonyl (C=O) groups excluding carboxylic acids is 1. The Bertz CT molecular complexity index is 1790.